The molecule has 0 bridgehead atoms. The van der Waals surface area contributed by atoms with Gasteiger partial charge < -0.3 is 5.11 Å². The molecule has 0 aliphatic rings. The summed E-state index contributed by atoms with van der Waals surface area (Å²) in [5.74, 6) is 4.30. The van der Waals surface area contributed by atoms with E-state index in [0.29, 0.717) is 0 Å². The van der Waals surface area contributed by atoms with Crippen molar-refractivity contribution in [3.05, 3.63) is 84.4 Å². The topological polar surface area (TPSA) is 37.3 Å². The molecule has 0 saturated heterocycles. The fourth-order valence-corrected chi connectivity index (χ4v) is 2.01. The van der Waals surface area contributed by atoms with Crippen molar-refractivity contribution in [1.29, 1.82) is 0 Å². The first-order valence-electron chi connectivity index (χ1n) is 6.69. The second-order valence-electron chi connectivity index (χ2n) is 4.60. The Morgan fingerprint density at radius 3 is 2.19 bits per heavy atom. The van der Waals surface area contributed by atoms with Crippen LogP contribution in [0.2, 0.25) is 0 Å². The predicted octanol–water partition coefficient (Wildman–Crippen LogP) is 2.94. The molecule has 2 rings (SSSR count). The number of carbonyl (C=O) groups excluding carboxylic acids is 1. The van der Waals surface area contributed by atoms with Crippen LogP contribution in [0.5, 0.6) is 0 Å². The maximum absolute atomic E-state index is 12.0. The predicted molar refractivity (Wildman–Crippen MR) is 83.7 cm³/mol. The van der Waals surface area contributed by atoms with Gasteiger partial charge in [-0.15, -0.1) is 6.58 Å². The molecule has 0 fully saturated rings. The first kappa shape index (κ1) is 14.8. The van der Waals surface area contributed by atoms with Crippen molar-refractivity contribution < 1.29 is 9.90 Å². The Labute approximate surface area is 124 Å². The molecule has 2 atom stereocenters. The second kappa shape index (κ2) is 7.23. The normalized spacial score (nSPS) is 12.6. The lowest BCUT2D eigenvalue weighted by Crippen LogP contribution is -2.25. The van der Waals surface area contributed by atoms with Crippen LogP contribution in [0.4, 0.5) is 0 Å². The minimum absolute atomic E-state index is 0.455. The van der Waals surface area contributed by atoms with Gasteiger partial charge >= 0.3 is 0 Å². The van der Waals surface area contributed by atoms with E-state index in [2.05, 4.69) is 18.4 Å². The monoisotopic (exact) mass is 276 g/mol. The largest absolute Gasteiger partial charge is 0.383 e. The number of carbonyl (C=O) groups is 1. The molecular weight excluding hydrogens is 260 g/mol. The van der Waals surface area contributed by atoms with Gasteiger partial charge in [-0.25, -0.2) is 0 Å². The van der Waals surface area contributed by atoms with Crippen LogP contribution in [0.3, 0.4) is 0 Å². The van der Waals surface area contributed by atoms with E-state index in [0.717, 1.165) is 11.1 Å². The smallest absolute Gasteiger partial charge is 0.235 e. The standard InChI is InChI=1S/C19H16O2/c1-2-17(16-11-7-4-8-12-16)19(21)18(20)14-13-15-9-5-3-6-10-15/h2-12,17,19,21H,1H2/t17-,19+/m1/s1. The summed E-state index contributed by atoms with van der Waals surface area (Å²) in [6.45, 7) is 3.70. The minimum Gasteiger partial charge on any atom is -0.383 e. The molecule has 0 radical (unpaired) electrons. The van der Waals surface area contributed by atoms with Crippen LogP contribution in [0.25, 0.3) is 0 Å². The van der Waals surface area contributed by atoms with Crippen LogP contribution >= 0.6 is 0 Å². The van der Waals surface area contributed by atoms with E-state index < -0.39 is 17.8 Å². The number of aliphatic hydroxyl groups is 1. The number of hydrogen-bond donors (Lipinski definition) is 1. The van der Waals surface area contributed by atoms with Crippen LogP contribution in [0.1, 0.15) is 17.0 Å². The van der Waals surface area contributed by atoms with Crippen LogP contribution < -0.4 is 0 Å². The van der Waals surface area contributed by atoms with Crippen molar-refractivity contribution >= 4 is 5.78 Å². The quantitative estimate of drug-likeness (QED) is 0.688. The van der Waals surface area contributed by atoms with E-state index in [1.165, 1.54) is 0 Å². The van der Waals surface area contributed by atoms with Gasteiger partial charge in [0.2, 0.25) is 5.78 Å². The van der Waals surface area contributed by atoms with Crippen molar-refractivity contribution in [1.82, 2.24) is 0 Å². The van der Waals surface area contributed by atoms with E-state index >= 15 is 0 Å². The van der Waals surface area contributed by atoms with E-state index in [-0.39, 0.29) is 0 Å². The SMILES string of the molecule is C=C[C@H](c1ccccc1)[C@H](O)C(=O)C#Cc1ccccc1. The number of rotatable bonds is 4. The lowest BCUT2D eigenvalue weighted by Gasteiger charge is -2.16. The maximum atomic E-state index is 12.0. The zero-order valence-corrected chi connectivity index (χ0v) is 11.6. The number of benzene rings is 2. The number of Topliss-reactive ketones (excluding diaryl/α,β-unsaturated/α-hetero) is 1. The lowest BCUT2D eigenvalue weighted by atomic mass is 9.91. The number of aliphatic hydroxyl groups excluding tert-OH is 1. The summed E-state index contributed by atoms with van der Waals surface area (Å²) in [6, 6.07) is 18.5. The van der Waals surface area contributed by atoms with E-state index in [9.17, 15) is 9.90 Å². The van der Waals surface area contributed by atoms with E-state index in [4.69, 9.17) is 0 Å². The molecule has 2 aromatic carbocycles. The second-order valence-corrected chi connectivity index (χ2v) is 4.60. The third-order valence-electron chi connectivity index (χ3n) is 3.15. The molecule has 104 valence electrons. The van der Waals surface area contributed by atoms with Gasteiger partial charge in [0, 0.05) is 11.5 Å². The highest BCUT2D eigenvalue weighted by Gasteiger charge is 2.23. The van der Waals surface area contributed by atoms with Crippen LogP contribution in [-0.4, -0.2) is 17.0 Å². The van der Waals surface area contributed by atoms with Crippen molar-refractivity contribution in [2.75, 3.05) is 0 Å². The fraction of sp³-hybridized carbons (Fsp3) is 0.105. The van der Waals surface area contributed by atoms with Gasteiger partial charge in [0.05, 0.1) is 0 Å². The number of ketones is 1. The van der Waals surface area contributed by atoms with Gasteiger partial charge in [-0.05, 0) is 23.6 Å². The minimum atomic E-state index is -1.21. The zero-order valence-electron chi connectivity index (χ0n) is 11.6. The van der Waals surface area contributed by atoms with E-state index in [1.54, 1.807) is 6.08 Å². The highest BCUT2D eigenvalue weighted by atomic mass is 16.3. The van der Waals surface area contributed by atoms with Gasteiger partial charge in [0.1, 0.15) is 6.10 Å². The maximum Gasteiger partial charge on any atom is 0.235 e. The summed E-state index contributed by atoms with van der Waals surface area (Å²) in [6.07, 6.45) is 0.364. The molecule has 2 nitrogen and oxygen atoms in total. The Kier molecular flexibility index (Phi) is 5.09. The van der Waals surface area contributed by atoms with Gasteiger partial charge in [-0.1, -0.05) is 60.5 Å². The van der Waals surface area contributed by atoms with Gasteiger partial charge in [0.15, 0.2) is 0 Å². The average Bonchev–Trinajstić information content (AvgIpc) is 2.55. The fourth-order valence-electron chi connectivity index (χ4n) is 2.01. The van der Waals surface area contributed by atoms with Gasteiger partial charge in [0.25, 0.3) is 0 Å². The molecule has 1 N–H and O–H groups in total. The Hall–Kier alpha value is -2.63. The van der Waals surface area contributed by atoms with Crippen molar-refractivity contribution in [3.8, 4) is 11.8 Å². The highest BCUT2D eigenvalue weighted by molar-refractivity contribution is 6.00. The Morgan fingerprint density at radius 1 is 1.05 bits per heavy atom. The summed E-state index contributed by atoms with van der Waals surface area (Å²) < 4.78 is 0. The first-order chi connectivity index (χ1) is 10.2. The molecule has 0 saturated carbocycles. The lowest BCUT2D eigenvalue weighted by molar-refractivity contribution is -0.121. The molecule has 0 aromatic heterocycles. The first-order valence-corrected chi connectivity index (χ1v) is 6.69. The molecule has 0 unspecified atom stereocenters. The van der Waals surface area contributed by atoms with Crippen LogP contribution in [0.15, 0.2) is 73.3 Å². The third-order valence-corrected chi connectivity index (χ3v) is 3.15. The van der Waals surface area contributed by atoms with Crippen molar-refractivity contribution in [3.63, 3.8) is 0 Å². The van der Waals surface area contributed by atoms with Crippen LogP contribution in [0, 0.1) is 11.8 Å². The van der Waals surface area contributed by atoms with Crippen molar-refractivity contribution in [2.45, 2.75) is 12.0 Å². The van der Waals surface area contributed by atoms with E-state index in [1.807, 2.05) is 60.7 Å². The summed E-state index contributed by atoms with van der Waals surface area (Å²) in [7, 11) is 0. The molecule has 2 aromatic rings. The van der Waals surface area contributed by atoms with Gasteiger partial charge in [-0.2, -0.15) is 0 Å². The molecule has 0 aliphatic heterocycles. The molecule has 0 aliphatic carbocycles. The van der Waals surface area contributed by atoms with Crippen molar-refractivity contribution in [2.24, 2.45) is 0 Å². The molecule has 2 heteroatoms. The van der Waals surface area contributed by atoms with Gasteiger partial charge in [-0.3, -0.25) is 4.79 Å². The van der Waals surface area contributed by atoms with Crippen LogP contribution in [-0.2, 0) is 4.79 Å². The Bertz CT molecular complexity index is 663. The summed E-state index contributed by atoms with van der Waals surface area (Å²) in [4.78, 5) is 12.0. The Morgan fingerprint density at radius 2 is 1.62 bits per heavy atom. The highest BCUT2D eigenvalue weighted by Crippen LogP contribution is 2.21. The third kappa shape index (κ3) is 3.92. The molecule has 21 heavy (non-hydrogen) atoms. The summed E-state index contributed by atoms with van der Waals surface area (Å²) in [5, 5.41) is 10.2. The molecule has 0 heterocycles. The number of hydrogen-bond acceptors (Lipinski definition) is 2. The zero-order chi connectivity index (χ0) is 15.1. The Balaban J connectivity index is 2.15. The summed E-state index contributed by atoms with van der Waals surface area (Å²) >= 11 is 0. The summed E-state index contributed by atoms with van der Waals surface area (Å²) in [5.41, 5.74) is 1.59. The molecule has 0 amide bonds. The molecular formula is C19H16O2. The molecule has 0 spiro atoms. The average molecular weight is 276 g/mol.